The van der Waals surface area contributed by atoms with E-state index in [-0.39, 0.29) is 48.6 Å². The van der Waals surface area contributed by atoms with E-state index in [1.807, 2.05) is 0 Å². The molecular formula is C24H25F3N6O3. The van der Waals surface area contributed by atoms with Crippen molar-refractivity contribution in [3.8, 4) is 0 Å². The highest BCUT2D eigenvalue weighted by Gasteiger charge is 2.41. The first-order valence-electron chi connectivity index (χ1n) is 11.5. The van der Waals surface area contributed by atoms with Crippen LogP contribution in [0.1, 0.15) is 46.5 Å². The molecule has 1 atom stereocenters. The van der Waals surface area contributed by atoms with Crippen LogP contribution in [0.4, 0.5) is 24.5 Å². The lowest BCUT2D eigenvalue weighted by Crippen LogP contribution is -2.42. The number of benzene rings is 1. The molecule has 5 rings (SSSR count). The molecule has 0 bridgehead atoms. The lowest BCUT2D eigenvalue weighted by molar-refractivity contribution is -0.0159. The Kier molecular flexibility index (Phi) is 5.66. The van der Waals surface area contributed by atoms with Gasteiger partial charge in [-0.05, 0) is 37.6 Å². The van der Waals surface area contributed by atoms with Crippen molar-refractivity contribution >= 4 is 28.8 Å². The minimum absolute atomic E-state index is 0.0378. The maximum Gasteiger partial charge on any atom is 0.266 e. The quantitative estimate of drug-likeness (QED) is 0.538. The minimum Gasteiger partial charge on any atom is -0.387 e. The monoisotopic (exact) mass is 502 g/mol. The number of carbonyl (C=O) groups excluding carboxylic acids is 2. The van der Waals surface area contributed by atoms with Gasteiger partial charge in [0.2, 0.25) is 0 Å². The molecule has 2 aromatic heterocycles. The zero-order chi connectivity index (χ0) is 25.8. The maximum atomic E-state index is 14.5. The summed E-state index contributed by atoms with van der Waals surface area (Å²) in [5, 5.41) is 16.8. The SMILES string of the molecule is CC(C)(O)C(F)CN1Cc2cc(NC(=O)c3cnn4cccnc34)c(N3CCC(F)(F)C3)cc2C1=O. The van der Waals surface area contributed by atoms with Gasteiger partial charge in [0.15, 0.2) is 5.65 Å². The van der Waals surface area contributed by atoms with Gasteiger partial charge in [-0.15, -0.1) is 0 Å². The van der Waals surface area contributed by atoms with Crippen molar-refractivity contribution in [2.45, 2.75) is 44.5 Å². The van der Waals surface area contributed by atoms with Gasteiger partial charge in [-0.25, -0.2) is 22.7 Å². The van der Waals surface area contributed by atoms with Crippen LogP contribution in [0.3, 0.4) is 0 Å². The van der Waals surface area contributed by atoms with E-state index in [2.05, 4.69) is 15.4 Å². The van der Waals surface area contributed by atoms with Gasteiger partial charge in [-0.2, -0.15) is 5.10 Å². The zero-order valence-corrected chi connectivity index (χ0v) is 19.7. The fourth-order valence-corrected chi connectivity index (χ4v) is 4.46. The Bertz CT molecular complexity index is 1350. The fourth-order valence-electron chi connectivity index (χ4n) is 4.46. The number of halogens is 3. The van der Waals surface area contributed by atoms with Crippen molar-refractivity contribution in [3.05, 3.63) is 53.5 Å². The van der Waals surface area contributed by atoms with E-state index in [1.165, 1.54) is 46.6 Å². The van der Waals surface area contributed by atoms with Gasteiger partial charge in [0, 0.05) is 37.5 Å². The van der Waals surface area contributed by atoms with Crippen molar-refractivity contribution in [2.75, 3.05) is 29.9 Å². The molecule has 0 spiro atoms. The van der Waals surface area contributed by atoms with Gasteiger partial charge in [0.1, 0.15) is 11.7 Å². The van der Waals surface area contributed by atoms with Crippen LogP contribution in [0.5, 0.6) is 0 Å². The van der Waals surface area contributed by atoms with Crippen LogP contribution in [-0.4, -0.2) is 73.7 Å². The van der Waals surface area contributed by atoms with Crippen LogP contribution in [0.25, 0.3) is 5.65 Å². The summed E-state index contributed by atoms with van der Waals surface area (Å²) in [6, 6.07) is 4.70. The molecule has 4 heterocycles. The summed E-state index contributed by atoms with van der Waals surface area (Å²) in [7, 11) is 0. The Hall–Kier alpha value is -3.67. The first kappa shape index (κ1) is 24.0. The molecule has 190 valence electrons. The topological polar surface area (TPSA) is 103 Å². The summed E-state index contributed by atoms with van der Waals surface area (Å²) in [6.07, 6.45) is 2.48. The van der Waals surface area contributed by atoms with Crippen LogP contribution in [-0.2, 0) is 6.54 Å². The first-order chi connectivity index (χ1) is 16.9. The van der Waals surface area contributed by atoms with E-state index in [4.69, 9.17) is 0 Å². The number of fused-ring (bicyclic) bond motifs is 2. The molecular weight excluding hydrogens is 477 g/mol. The number of alkyl halides is 3. The predicted molar refractivity (Wildman–Crippen MR) is 125 cm³/mol. The van der Waals surface area contributed by atoms with Crippen molar-refractivity contribution < 1.29 is 27.9 Å². The maximum absolute atomic E-state index is 14.5. The Labute approximate surface area is 204 Å². The Balaban J connectivity index is 1.49. The number of nitrogens with one attached hydrogen (secondary N) is 1. The minimum atomic E-state index is -2.91. The Morgan fingerprint density at radius 2 is 2.11 bits per heavy atom. The number of rotatable bonds is 6. The summed E-state index contributed by atoms with van der Waals surface area (Å²) in [6.45, 7) is 1.85. The van der Waals surface area contributed by atoms with E-state index in [0.717, 1.165) is 0 Å². The average Bonchev–Trinajstić information content (AvgIpc) is 3.48. The number of aliphatic hydroxyl groups is 1. The van der Waals surface area contributed by atoms with E-state index in [9.17, 15) is 27.9 Å². The Morgan fingerprint density at radius 3 is 2.81 bits per heavy atom. The van der Waals surface area contributed by atoms with Crippen LogP contribution >= 0.6 is 0 Å². The summed E-state index contributed by atoms with van der Waals surface area (Å²) in [4.78, 5) is 33.0. The summed E-state index contributed by atoms with van der Waals surface area (Å²) in [5.74, 6) is -3.91. The molecule has 1 fully saturated rings. The molecule has 2 aliphatic rings. The molecule has 2 N–H and O–H groups in total. The van der Waals surface area contributed by atoms with Crippen LogP contribution in [0, 0.1) is 0 Å². The molecule has 0 radical (unpaired) electrons. The lowest BCUT2D eigenvalue weighted by atomic mass is 10.0. The molecule has 1 saturated heterocycles. The number of carbonyl (C=O) groups is 2. The smallest absolute Gasteiger partial charge is 0.266 e. The Morgan fingerprint density at radius 1 is 1.33 bits per heavy atom. The van der Waals surface area contributed by atoms with Crippen molar-refractivity contribution in [3.63, 3.8) is 0 Å². The third-order valence-electron chi connectivity index (χ3n) is 6.53. The lowest BCUT2D eigenvalue weighted by Gasteiger charge is -2.26. The van der Waals surface area contributed by atoms with Crippen LogP contribution in [0.2, 0.25) is 0 Å². The number of anilines is 2. The van der Waals surface area contributed by atoms with E-state index in [1.54, 1.807) is 18.3 Å². The molecule has 3 aromatic rings. The fraction of sp³-hybridized carbons (Fsp3) is 0.417. The molecule has 36 heavy (non-hydrogen) atoms. The number of hydrogen-bond acceptors (Lipinski definition) is 6. The molecule has 2 amide bonds. The number of amides is 2. The predicted octanol–water partition coefficient (Wildman–Crippen LogP) is 2.89. The number of nitrogens with zero attached hydrogens (tertiary/aromatic N) is 5. The van der Waals surface area contributed by atoms with Crippen LogP contribution in [0.15, 0.2) is 36.8 Å². The third-order valence-corrected chi connectivity index (χ3v) is 6.53. The van der Waals surface area contributed by atoms with E-state index in [0.29, 0.717) is 11.2 Å². The molecule has 0 aliphatic carbocycles. The molecule has 9 nitrogen and oxygen atoms in total. The van der Waals surface area contributed by atoms with Crippen molar-refractivity contribution in [2.24, 2.45) is 0 Å². The average molecular weight is 502 g/mol. The second kappa shape index (κ2) is 8.47. The second-order valence-corrected chi connectivity index (χ2v) is 9.76. The van der Waals surface area contributed by atoms with Crippen molar-refractivity contribution in [1.82, 2.24) is 19.5 Å². The van der Waals surface area contributed by atoms with Gasteiger partial charge < -0.3 is 20.2 Å². The molecule has 1 unspecified atom stereocenters. The highest BCUT2D eigenvalue weighted by atomic mass is 19.3. The summed E-state index contributed by atoms with van der Waals surface area (Å²) >= 11 is 0. The standard InChI is InChI=1S/C24H25F3N6O3/c1-23(2,36)19(25)12-32-11-14-8-17(30-21(34)16-10-29-33-6-3-5-28-20(16)33)18(9-15(14)22(32)35)31-7-4-24(26,27)13-31/h3,5-6,8-10,19,36H,4,7,11-13H2,1-2H3,(H,30,34). The normalized spacial score (nSPS) is 18.1. The van der Waals surface area contributed by atoms with Gasteiger partial charge in [0.25, 0.3) is 17.7 Å². The molecule has 1 aromatic carbocycles. The molecule has 2 aliphatic heterocycles. The summed E-state index contributed by atoms with van der Waals surface area (Å²) in [5.41, 5.74) is 0.177. The number of hydrogen-bond donors (Lipinski definition) is 2. The highest BCUT2D eigenvalue weighted by Crippen LogP contribution is 2.39. The van der Waals surface area contributed by atoms with Gasteiger partial charge >= 0.3 is 0 Å². The molecule has 12 heteroatoms. The van der Waals surface area contributed by atoms with Gasteiger partial charge in [0.05, 0.1) is 36.3 Å². The first-order valence-corrected chi connectivity index (χ1v) is 11.5. The van der Waals surface area contributed by atoms with Crippen LogP contribution < -0.4 is 10.2 Å². The highest BCUT2D eigenvalue weighted by molar-refractivity contribution is 6.10. The van der Waals surface area contributed by atoms with Gasteiger partial charge in [-0.3, -0.25) is 9.59 Å². The third kappa shape index (κ3) is 4.36. The zero-order valence-electron chi connectivity index (χ0n) is 19.7. The van der Waals surface area contributed by atoms with Gasteiger partial charge in [-0.1, -0.05) is 0 Å². The van der Waals surface area contributed by atoms with E-state index >= 15 is 0 Å². The largest absolute Gasteiger partial charge is 0.387 e. The van der Waals surface area contributed by atoms with E-state index < -0.39 is 36.1 Å². The second-order valence-electron chi connectivity index (χ2n) is 9.76. The number of aromatic nitrogens is 3. The molecule has 0 saturated carbocycles. The van der Waals surface area contributed by atoms with Crippen molar-refractivity contribution in [1.29, 1.82) is 0 Å². The summed E-state index contributed by atoms with van der Waals surface area (Å²) < 4.78 is 44.0.